The van der Waals surface area contributed by atoms with Crippen molar-refractivity contribution in [2.45, 2.75) is 31.3 Å². The minimum absolute atomic E-state index is 0.353. The van der Waals surface area contributed by atoms with Crippen LogP contribution in [0.1, 0.15) is 23.7 Å². The Bertz CT molecular complexity index is 703. The summed E-state index contributed by atoms with van der Waals surface area (Å²) in [7, 11) is -1.20. The smallest absolute Gasteiger partial charge is 0.175 e. The number of hydrogen-bond donors (Lipinski definition) is 1. The number of rotatable bonds is 6. The summed E-state index contributed by atoms with van der Waals surface area (Å²) >= 11 is 0. The van der Waals surface area contributed by atoms with Crippen molar-refractivity contribution in [2.75, 3.05) is 6.26 Å². The quantitative estimate of drug-likeness (QED) is 0.882. The van der Waals surface area contributed by atoms with Gasteiger partial charge < -0.3 is 5.32 Å². The van der Waals surface area contributed by atoms with Gasteiger partial charge in [0.1, 0.15) is 0 Å². The molecule has 114 valence electrons. The van der Waals surface area contributed by atoms with Crippen molar-refractivity contribution in [3.05, 3.63) is 47.3 Å². The second kappa shape index (κ2) is 6.41. The zero-order chi connectivity index (χ0) is 15.5. The number of aryl methyl sites for hydroxylation is 2. The lowest BCUT2D eigenvalue weighted by molar-refractivity contribution is 0.602. The first kappa shape index (κ1) is 15.7. The third-order valence-corrected chi connectivity index (χ3v) is 4.45. The van der Waals surface area contributed by atoms with Gasteiger partial charge in [-0.25, -0.2) is 8.42 Å². The molecule has 0 fully saturated rings. The Labute approximate surface area is 125 Å². The highest BCUT2D eigenvalue weighted by Gasteiger charge is 2.07. The summed E-state index contributed by atoms with van der Waals surface area (Å²) in [4.78, 5) is 0.353. The van der Waals surface area contributed by atoms with Gasteiger partial charge in [0.05, 0.1) is 10.6 Å². The second-order valence-corrected chi connectivity index (χ2v) is 7.16. The topological polar surface area (TPSA) is 64.0 Å². The molecular weight excluding hydrogens is 286 g/mol. The van der Waals surface area contributed by atoms with Crippen molar-refractivity contribution in [1.29, 1.82) is 0 Å². The molecular formula is C15H21N3O2S. The van der Waals surface area contributed by atoms with Gasteiger partial charge in [0.25, 0.3) is 0 Å². The van der Waals surface area contributed by atoms with Crippen molar-refractivity contribution in [2.24, 2.45) is 7.05 Å². The Morgan fingerprint density at radius 2 is 1.86 bits per heavy atom. The fourth-order valence-electron chi connectivity index (χ4n) is 2.22. The van der Waals surface area contributed by atoms with Crippen LogP contribution in [-0.4, -0.2) is 24.5 Å². The van der Waals surface area contributed by atoms with E-state index >= 15 is 0 Å². The van der Waals surface area contributed by atoms with E-state index in [-0.39, 0.29) is 0 Å². The molecule has 5 nitrogen and oxygen atoms in total. The fraction of sp³-hybridized carbons (Fsp3) is 0.400. The molecule has 0 aliphatic carbocycles. The molecule has 2 rings (SSSR count). The number of benzene rings is 1. The van der Waals surface area contributed by atoms with Crippen LogP contribution in [0.4, 0.5) is 0 Å². The van der Waals surface area contributed by atoms with Gasteiger partial charge in [-0.1, -0.05) is 19.1 Å². The van der Waals surface area contributed by atoms with Crippen LogP contribution >= 0.6 is 0 Å². The summed E-state index contributed by atoms with van der Waals surface area (Å²) in [5.41, 5.74) is 3.37. The molecule has 2 aromatic rings. The van der Waals surface area contributed by atoms with Gasteiger partial charge in [-0.2, -0.15) is 5.10 Å². The molecule has 0 unspecified atom stereocenters. The molecule has 6 heteroatoms. The van der Waals surface area contributed by atoms with E-state index in [0.717, 1.165) is 24.2 Å². The van der Waals surface area contributed by atoms with Gasteiger partial charge in [0.2, 0.25) is 0 Å². The van der Waals surface area contributed by atoms with Gasteiger partial charge in [-0.15, -0.1) is 0 Å². The molecule has 0 bridgehead atoms. The zero-order valence-corrected chi connectivity index (χ0v) is 13.4. The summed E-state index contributed by atoms with van der Waals surface area (Å²) in [5.74, 6) is 0. The minimum Gasteiger partial charge on any atom is -0.308 e. The Morgan fingerprint density at radius 1 is 1.19 bits per heavy atom. The van der Waals surface area contributed by atoms with Crippen molar-refractivity contribution in [1.82, 2.24) is 15.1 Å². The van der Waals surface area contributed by atoms with Crippen LogP contribution in [0.2, 0.25) is 0 Å². The summed E-state index contributed by atoms with van der Waals surface area (Å²) in [6.45, 7) is 3.54. The molecule has 0 saturated carbocycles. The maximum absolute atomic E-state index is 11.4. The minimum atomic E-state index is -3.12. The predicted octanol–water partition coefficient (Wildman–Crippen LogP) is 1.68. The van der Waals surface area contributed by atoms with E-state index in [0.29, 0.717) is 11.4 Å². The van der Waals surface area contributed by atoms with Gasteiger partial charge in [0.15, 0.2) is 9.84 Å². The van der Waals surface area contributed by atoms with Gasteiger partial charge in [-0.05, 0) is 24.1 Å². The average Bonchev–Trinajstić information content (AvgIpc) is 2.79. The van der Waals surface area contributed by atoms with E-state index in [2.05, 4.69) is 17.3 Å². The highest BCUT2D eigenvalue weighted by atomic mass is 32.2. The highest BCUT2D eigenvalue weighted by Crippen LogP contribution is 2.11. The molecule has 1 aromatic carbocycles. The van der Waals surface area contributed by atoms with Crippen molar-refractivity contribution in [3.63, 3.8) is 0 Å². The lowest BCUT2D eigenvalue weighted by Crippen LogP contribution is -2.13. The number of nitrogens with zero attached hydrogens (tertiary/aromatic N) is 2. The zero-order valence-electron chi connectivity index (χ0n) is 12.6. The van der Waals surface area contributed by atoms with Crippen LogP contribution in [0.5, 0.6) is 0 Å². The summed E-state index contributed by atoms with van der Waals surface area (Å²) in [5, 5.41) is 7.76. The highest BCUT2D eigenvalue weighted by molar-refractivity contribution is 7.90. The molecule has 0 spiro atoms. The molecule has 0 amide bonds. The maximum atomic E-state index is 11.4. The lowest BCUT2D eigenvalue weighted by Gasteiger charge is -2.05. The van der Waals surface area contributed by atoms with E-state index < -0.39 is 9.84 Å². The van der Waals surface area contributed by atoms with Crippen molar-refractivity contribution in [3.8, 4) is 0 Å². The van der Waals surface area contributed by atoms with Crippen molar-refractivity contribution >= 4 is 9.84 Å². The Balaban J connectivity index is 1.94. The number of nitrogens with one attached hydrogen (secondary N) is 1. The Kier molecular flexibility index (Phi) is 4.80. The van der Waals surface area contributed by atoms with Crippen LogP contribution in [0.3, 0.4) is 0 Å². The standard InChI is InChI=1S/C15H21N3O2S/c1-4-15-13(11-18(2)17-15)10-16-9-12-5-7-14(8-6-12)21(3,19)20/h5-8,11,16H,4,9-10H2,1-3H3. The number of aromatic nitrogens is 2. The molecule has 1 heterocycles. The molecule has 1 N–H and O–H groups in total. The monoisotopic (exact) mass is 307 g/mol. The van der Waals surface area contributed by atoms with Crippen LogP contribution in [-0.2, 0) is 36.4 Å². The number of sulfone groups is 1. The van der Waals surface area contributed by atoms with Crippen LogP contribution < -0.4 is 5.32 Å². The molecule has 0 radical (unpaired) electrons. The third kappa shape index (κ3) is 4.15. The average molecular weight is 307 g/mol. The molecule has 0 atom stereocenters. The van der Waals surface area contributed by atoms with Gasteiger partial charge in [-0.3, -0.25) is 4.68 Å². The second-order valence-electron chi connectivity index (χ2n) is 5.15. The first-order chi connectivity index (χ1) is 9.90. The lowest BCUT2D eigenvalue weighted by atomic mass is 10.2. The van der Waals surface area contributed by atoms with Gasteiger partial charge in [0, 0.05) is 38.2 Å². The van der Waals surface area contributed by atoms with Crippen LogP contribution in [0.15, 0.2) is 35.4 Å². The Hall–Kier alpha value is -1.66. The van der Waals surface area contributed by atoms with Crippen LogP contribution in [0.25, 0.3) is 0 Å². The van der Waals surface area contributed by atoms with Crippen molar-refractivity contribution < 1.29 is 8.42 Å². The third-order valence-electron chi connectivity index (χ3n) is 3.32. The van der Waals surface area contributed by atoms with E-state index in [1.54, 1.807) is 12.1 Å². The first-order valence-corrected chi connectivity index (χ1v) is 8.80. The fourth-order valence-corrected chi connectivity index (χ4v) is 2.86. The molecule has 0 aliphatic rings. The predicted molar refractivity (Wildman–Crippen MR) is 82.7 cm³/mol. The van der Waals surface area contributed by atoms with E-state index in [1.165, 1.54) is 11.8 Å². The molecule has 1 aromatic heterocycles. The largest absolute Gasteiger partial charge is 0.308 e. The summed E-state index contributed by atoms with van der Waals surface area (Å²) in [6.07, 6.45) is 4.16. The maximum Gasteiger partial charge on any atom is 0.175 e. The first-order valence-electron chi connectivity index (χ1n) is 6.91. The normalized spacial score (nSPS) is 11.8. The van der Waals surface area contributed by atoms with E-state index in [9.17, 15) is 8.42 Å². The molecule has 21 heavy (non-hydrogen) atoms. The SMILES string of the molecule is CCc1nn(C)cc1CNCc1ccc(S(C)(=O)=O)cc1. The van der Waals surface area contributed by atoms with E-state index in [4.69, 9.17) is 0 Å². The van der Waals surface area contributed by atoms with E-state index in [1.807, 2.05) is 30.1 Å². The molecule has 0 aliphatic heterocycles. The summed E-state index contributed by atoms with van der Waals surface area (Å²) in [6, 6.07) is 6.97. The van der Waals surface area contributed by atoms with Crippen LogP contribution in [0, 0.1) is 0 Å². The number of hydrogen-bond acceptors (Lipinski definition) is 4. The van der Waals surface area contributed by atoms with Gasteiger partial charge >= 0.3 is 0 Å². The summed E-state index contributed by atoms with van der Waals surface area (Å²) < 4.78 is 24.6. The molecule has 0 saturated heterocycles. The Morgan fingerprint density at radius 3 is 2.43 bits per heavy atom.